The average molecular weight is 288 g/mol. The van der Waals surface area contributed by atoms with Crippen LogP contribution in [0.2, 0.25) is 0 Å². The van der Waals surface area contributed by atoms with Crippen LogP contribution in [0.4, 0.5) is 10.1 Å². The predicted octanol–water partition coefficient (Wildman–Crippen LogP) is 2.16. The summed E-state index contributed by atoms with van der Waals surface area (Å²) in [6.07, 6.45) is 0. The number of rotatable bonds is 6. The van der Waals surface area contributed by atoms with Gasteiger partial charge in [-0.2, -0.15) is 0 Å². The summed E-state index contributed by atoms with van der Waals surface area (Å²) in [4.78, 5) is 11.6. The molecule has 0 saturated heterocycles. The van der Waals surface area contributed by atoms with Crippen LogP contribution in [0, 0.1) is 5.82 Å². The fourth-order valence-corrected chi connectivity index (χ4v) is 1.86. The first kappa shape index (κ1) is 15.0. The molecule has 0 aromatic heterocycles. The summed E-state index contributed by atoms with van der Waals surface area (Å²) in [6, 6.07) is 13.3. The van der Waals surface area contributed by atoms with Gasteiger partial charge in [0.2, 0.25) is 0 Å². The number of hydrogen-bond acceptors (Lipinski definition) is 3. The van der Waals surface area contributed by atoms with E-state index in [1.54, 1.807) is 30.3 Å². The summed E-state index contributed by atoms with van der Waals surface area (Å²) in [6.45, 7) is 0.658. The summed E-state index contributed by atoms with van der Waals surface area (Å²) < 4.78 is 13.0. The average Bonchev–Trinajstić information content (AvgIpc) is 2.51. The van der Waals surface area contributed by atoms with Crippen molar-refractivity contribution >= 4 is 11.6 Å². The second-order valence-electron chi connectivity index (χ2n) is 4.54. The van der Waals surface area contributed by atoms with E-state index in [4.69, 9.17) is 5.11 Å². The minimum Gasteiger partial charge on any atom is -0.395 e. The van der Waals surface area contributed by atoms with Gasteiger partial charge in [-0.3, -0.25) is 4.79 Å². The lowest BCUT2D eigenvalue weighted by molar-refractivity contribution is 0.0945. The van der Waals surface area contributed by atoms with Crippen LogP contribution in [0.3, 0.4) is 0 Å². The van der Waals surface area contributed by atoms with E-state index in [9.17, 15) is 9.18 Å². The minimum absolute atomic E-state index is 0.0843. The first-order valence-electron chi connectivity index (χ1n) is 6.66. The van der Waals surface area contributed by atoms with E-state index in [1.165, 1.54) is 12.1 Å². The van der Waals surface area contributed by atoms with Crippen LogP contribution in [0.5, 0.6) is 0 Å². The highest BCUT2D eigenvalue weighted by molar-refractivity contribution is 5.94. The lowest BCUT2D eigenvalue weighted by atomic mass is 10.1. The Labute approximate surface area is 122 Å². The van der Waals surface area contributed by atoms with E-state index < -0.39 is 0 Å². The number of carbonyl (C=O) groups is 1. The van der Waals surface area contributed by atoms with Crippen LogP contribution < -0.4 is 10.6 Å². The molecular formula is C16H17FN2O2. The molecule has 21 heavy (non-hydrogen) atoms. The molecule has 0 heterocycles. The monoisotopic (exact) mass is 288 g/mol. The zero-order valence-corrected chi connectivity index (χ0v) is 11.5. The molecule has 2 rings (SSSR count). The molecule has 0 spiro atoms. The van der Waals surface area contributed by atoms with Gasteiger partial charge in [0.15, 0.2) is 0 Å². The molecule has 0 fully saturated rings. The molecule has 2 aromatic carbocycles. The maximum absolute atomic E-state index is 13.0. The molecule has 110 valence electrons. The van der Waals surface area contributed by atoms with Crippen molar-refractivity contribution < 1.29 is 14.3 Å². The van der Waals surface area contributed by atoms with Crippen LogP contribution in [-0.2, 0) is 6.54 Å². The summed E-state index contributed by atoms with van der Waals surface area (Å²) in [5.74, 6) is -0.481. The number of benzene rings is 2. The Morgan fingerprint density at radius 3 is 2.57 bits per heavy atom. The molecule has 3 N–H and O–H groups in total. The lowest BCUT2D eigenvalue weighted by Gasteiger charge is -2.08. The minimum atomic E-state index is -0.259. The van der Waals surface area contributed by atoms with E-state index in [2.05, 4.69) is 10.6 Å². The van der Waals surface area contributed by atoms with E-state index in [-0.39, 0.29) is 24.9 Å². The van der Waals surface area contributed by atoms with Crippen molar-refractivity contribution in [3.8, 4) is 0 Å². The van der Waals surface area contributed by atoms with Crippen molar-refractivity contribution in [2.45, 2.75) is 6.54 Å². The van der Waals surface area contributed by atoms with E-state index >= 15 is 0 Å². The highest BCUT2D eigenvalue weighted by Gasteiger charge is 2.04. The molecular weight excluding hydrogens is 271 g/mol. The number of carbonyl (C=O) groups excluding carboxylic acids is 1. The largest absolute Gasteiger partial charge is 0.395 e. The number of amides is 1. The molecule has 0 unspecified atom stereocenters. The fourth-order valence-electron chi connectivity index (χ4n) is 1.86. The van der Waals surface area contributed by atoms with Gasteiger partial charge < -0.3 is 15.7 Å². The third-order valence-electron chi connectivity index (χ3n) is 2.93. The first-order chi connectivity index (χ1) is 10.2. The highest BCUT2D eigenvalue weighted by atomic mass is 19.1. The zero-order valence-electron chi connectivity index (χ0n) is 11.5. The summed E-state index contributed by atoms with van der Waals surface area (Å²) >= 11 is 0. The van der Waals surface area contributed by atoms with Gasteiger partial charge >= 0.3 is 0 Å². The second kappa shape index (κ2) is 7.40. The smallest absolute Gasteiger partial charge is 0.251 e. The van der Waals surface area contributed by atoms with Crippen LogP contribution in [-0.4, -0.2) is 24.2 Å². The molecule has 5 heteroatoms. The van der Waals surface area contributed by atoms with Gasteiger partial charge in [-0.1, -0.05) is 12.1 Å². The Morgan fingerprint density at radius 1 is 1.14 bits per heavy atom. The van der Waals surface area contributed by atoms with Crippen LogP contribution in [0.25, 0.3) is 0 Å². The number of hydrogen-bond donors (Lipinski definition) is 3. The number of aliphatic hydroxyl groups excluding tert-OH is 1. The Kier molecular flexibility index (Phi) is 5.29. The Hall–Kier alpha value is -2.40. The van der Waals surface area contributed by atoms with Crippen LogP contribution in [0.15, 0.2) is 48.5 Å². The molecule has 0 aliphatic heterocycles. The third-order valence-corrected chi connectivity index (χ3v) is 2.93. The zero-order chi connectivity index (χ0) is 15.1. The van der Waals surface area contributed by atoms with Gasteiger partial charge in [0.1, 0.15) is 5.82 Å². The van der Waals surface area contributed by atoms with E-state index in [0.29, 0.717) is 12.1 Å². The van der Waals surface area contributed by atoms with Crippen molar-refractivity contribution in [1.82, 2.24) is 5.32 Å². The first-order valence-corrected chi connectivity index (χ1v) is 6.66. The molecule has 2 aromatic rings. The lowest BCUT2D eigenvalue weighted by Crippen LogP contribution is -2.26. The standard InChI is InChI=1S/C16H17FN2O2/c17-14-3-1-2-12(10-14)11-19-15-6-4-13(5-7-15)16(21)18-8-9-20/h1-7,10,19-20H,8-9,11H2,(H,18,21). The number of nitrogens with one attached hydrogen (secondary N) is 2. The molecule has 0 atom stereocenters. The van der Waals surface area contributed by atoms with E-state index in [0.717, 1.165) is 11.3 Å². The van der Waals surface area contributed by atoms with Gasteiger partial charge in [-0.15, -0.1) is 0 Å². The normalized spacial score (nSPS) is 10.2. The van der Waals surface area contributed by atoms with Gasteiger partial charge in [-0.05, 0) is 42.0 Å². The van der Waals surface area contributed by atoms with Gasteiger partial charge in [-0.25, -0.2) is 4.39 Å². The predicted molar refractivity (Wildman–Crippen MR) is 79.6 cm³/mol. The molecule has 0 saturated carbocycles. The molecule has 1 amide bonds. The van der Waals surface area contributed by atoms with Gasteiger partial charge in [0.05, 0.1) is 6.61 Å². The van der Waals surface area contributed by atoms with Crippen molar-refractivity contribution in [2.24, 2.45) is 0 Å². The molecule has 0 aliphatic carbocycles. The maximum atomic E-state index is 13.0. The number of halogens is 1. The molecule has 0 radical (unpaired) electrons. The highest BCUT2D eigenvalue weighted by Crippen LogP contribution is 2.12. The summed E-state index contributed by atoms with van der Waals surface area (Å²) in [5, 5.41) is 14.4. The molecule has 4 nitrogen and oxygen atoms in total. The van der Waals surface area contributed by atoms with Gasteiger partial charge in [0, 0.05) is 24.3 Å². The molecule has 0 aliphatic rings. The van der Waals surface area contributed by atoms with Crippen LogP contribution >= 0.6 is 0 Å². The third kappa shape index (κ3) is 4.57. The second-order valence-corrected chi connectivity index (χ2v) is 4.54. The summed E-state index contributed by atoms with van der Waals surface area (Å²) in [5.41, 5.74) is 2.22. The van der Waals surface area contributed by atoms with Crippen molar-refractivity contribution in [3.63, 3.8) is 0 Å². The number of anilines is 1. The van der Waals surface area contributed by atoms with Gasteiger partial charge in [0.25, 0.3) is 5.91 Å². The molecule has 0 bridgehead atoms. The topological polar surface area (TPSA) is 61.4 Å². The SMILES string of the molecule is O=C(NCCO)c1ccc(NCc2cccc(F)c2)cc1. The van der Waals surface area contributed by atoms with Crippen LogP contribution in [0.1, 0.15) is 15.9 Å². The van der Waals surface area contributed by atoms with E-state index in [1.807, 2.05) is 6.07 Å². The maximum Gasteiger partial charge on any atom is 0.251 e. The Bertz CT molecular complexity index is 599. The quantitative estimate of drug-likeness (QED) is 0.763. The van der Waals surface area contributed by atoms with Crippen molar-refractivity contribution in [1.29, 1.82) is 0 Å². The fraction of sp³-hybridized carbons (Fsp3) is 0.188. The summed E-state index contributed by atoms with van der Waals surface area (Å²) in [7, 11) is 0. The van der Waals surface area contributed by atoms with Crippen molar-refractivity contribution in [2.75, 3.05) is 18.5 Å². The Balaban J connectivity index is 1.92. The van der Waals surface area contributed by atoms with Crippen molar-refractivity contribution in [3.05, 3.63) is 65.5 Å². The Morgan fingerprint density at radius 2 is 1.90 bits per heavy atom. The number of aliphatic hydroxyl groups is 1.